The fourth-order valence-corrected chi connectivity index (χ4v) is 4.23. The monoisotopic (exact) mass is 308 g/mol. The zero-order valence-corrected chi connectivity index (χ0v) is 13.7. The highest BCUT2D eigenvalue weighted by Gasteiger charge is 2.33. The highest BCUT2D eigenvalue weighted by Crippen LogP contribution is 2.36. The average Bonchev–Trinajstić information content (AvgIpc) is 2.74. The van der Waals surface area contributed by atoms with Gasteiger partial charge in [0.05, 0.1) is 11.6 Å². The summed E-state index contributed by atoms with van der Waals surface area (Å²) >= 11 is 0. The number of allylic oxidation sites excluding steroid dienone is 2. The molecule has 4 rings (SSSR count). The van der Waals surface area contributed by atoms with E-state index in [0.29, 0.717) is 24.4 Å². The average molecular weight is 308 g/mol. The summed E-state index contributed by atoms with van der Waals surface area (Å²) in [5.74, 6) is 0.537. The molecule has 3 atom stereocenters. The summed E-state index contributed by atoms with van der Waals surface area (Å²) in [6.45, 7) is 2.11. The normalized spacial score (nSPS) is 30.3. The molecule has 0 amide bonds. The van der Waals surface area contributed by atoms with Crippen LogP contribution in [0.25, 0.3) is 0 Å². The number of nitrogens with zero attached hydrogens (tertiary/aromatic N) is 1. The van der Waals surface area contributed by atoms with Gasteiger partial charge in [-0.15, -0.1) is 0 Å². The first kappa shape index (κ1) is 14.7. The largest absolute Gasteiger partial charge is 0.383 e. The Morgan fingerprint density at radius 3 is 2.91 bits per heavy atom. The van der Waals surface area contributed by atoms with Crippen LogP contribution in [0.15, 0.2) is 40.5 Å². The number of ketones is 1. The molecule has 1 fully saturated rings. The molecule has 0 saturated heterocycles. The number of hydrogen-bond donors (Lipinski definition) is 1. The van der Waals surface area contributed by atoms with Gasteiger partial charge in [-0.1, -0.05) is 42.7 Å². The van der Waals surface area contributed by atoms with Crippen molar-refractivity contribution in [2.24, 2.45) is 4.99 Å². The van der Waals surface area contributed by atoms with E-state index < -0.39 is 0 Å². The second-order valence-corrected chi connectivity index (χ2v) is 7.22. The van der Waals surface area contributed by atoms with E-state index in [0.717, 1.165) is 24.1 Å². The van der Waals surface area contributed by atoms with Crippen LogP contribution in [-0.4, -0.2) is 24.1 Å². The maximum Gasteiger partial charge on any atom is 0.166 e. The Kier molecular flexibility index (Phi) is 3.80. The zero-order chi connectivity index (χ0) is 15.8. The van der Waals surface area contributed by atoms with Crippen LogP contribution in [0.3, 0.4) is 0 Å². The Hall–Kier alpha value is -1.90. The van der Waals surface area contributed by atoms with E-state index >= 15 is 0 Å². The molecule has 1 aliphatic heterocycles. The highest BCUT2D eigenvalue weighted by molar-refractivity contribution is 6.15. The molecule has 1 aromatic carbocycles. The van der Waals surface area contributed by atoms with Crippen molar-refractivity contribution in [1.82, 2.24) is 5.32 Å². The maximum absolute atomic E-state index is 12.7. The van der Waals surface area contributed by atoms with Crippen molar-refractivity contribution in [3.8, 4) is 0 Å². The fourth-order valence-electron chi connectivity index (χ4n) is 4.23. The maximum atomic E-state index is 12.7. The van der Waals surface area contributed by atoms with Crippen molar-refractivity contribution in [3.63, 3.8) is 0 Å². The first-order chi connectivity index (χ1) is 11.2. The first-order valence-electron chi connectivity index (χ1n) is 8.83. The minimum absolute atomic E-state index is 0.243. The number of hydrogen-bond acceptors (Lipinski definition) is 3. The minimum Gasteiger partial charge on any atom is -0.383 e. The molecule has 1 saturated carbocycles. The van der Waals surface area contributed by atoms with Crippen molar-refractivity contribution in [2.75, 3.05) is 0 Å². The molecule has 0 radical (unpaired) electrons. The lowest BCUT2D eigenvalue weighted by molar-refractivity contribution is -0.115. The predicted molar refractivity (Wildman–Crippen MR) is 92.9 cm³/mol. The number of aliphatic imine (C=N–C) groups is 1. The van der Waals surface area contributed by atoms with Gasteiger partial charge >= 0.3 is 0 Å². The Balaban J connectivity index is 1.62. The van der Waals surface area contributed by atoms with Crippen LogP contribution in [0.1, 0.15) is 55.6 Å². The minimum atomic E-state index is 0.243. The van der Waals surface area contributed by atoms with Gasteiger partial charge in [-0.05, 0) is 37.7 Å². The van der Waals surface area contributed by atoms with Crippen LogP contribution in [-0.2, 0) is 4.79 Å². The molecular weight excluding hydrogens is 284 g/mol. The van der Waals surface area contributed by atoms with Gasteiger partial charge in [0.25, 0.3) is 0 Å². The molecule has 0 unspecified atom stereocenters. The summed E-state index contributed by atoms with van der Waals surface area (Å²) in [5.41, 5.74) is 4.51. The zero-order valence-electron chi connectivity index (χ0n) is 13.7. The summed E-state index contributed by atoms with van der Waals surface area (Å²) in [6.07, 6.45) is 8.23. The number of rotatable bonds is 1. The van der Waals surface area contributed by atoms with Gasteiger partial charge in [-0.25, -0.2) is 0 Å². The standard InChI is InChI=1S/C20H24N2O/c1-13-5-4-6-14(9-13)15-10-19-16(20(23)11-15)12-21-17-7-2-3-8-18(17)22-19/h4-6,9,12,15,17-18,22H,2-3,7-8,10-11H2,1H3/t15-,17+,18+/m0/s1. The summed E-state index contributed by atoms with van der Waals surface area (Å²) in [7, 11) is 0. The SMILES string of the molecule is Cc1cccc([C@@H]2CC(=O)C3=C(C2)N[C@@H]2CCCC[C@H]2N=C3)c1. The van der Waals surface area contributed by atoms with E-state index in [9.17, 15) is 4.79 Å². The lowest BCUT2D eigenvalue weighted by Gasteiger charge is -2.32. The lowest BCUT2D eigenvalue weighted by Crippen LogP contribution is -2.41. The third kappa shape index (κ3) is 2.85. The number of fused-ring (bicyclic) bond motifs is 1. The van der Waals surface area contributed by atoms with Gasteiger partial charge in [0, 0.05) is 24.4 Å². The molecule has 1 N–H and O–H groups in total. The molecule has 3 heteroatoms. The second-order valence-electron chi connectivity index (χ2n) is 7.22. The number of nitrogens with one attached hydrogen (secondary N) is 1. The van der Waals surface area contributed by atoms with Gasteiger partial charge < -0.3 is 5.32 Å². The van der Waals surface area contributed by atoms with Crippen LogP contribution in [0.2, 0.25) is 0 Å². The Morgan fingerprint density at radius 1 is 1.17 bits per heavy atom. The number of Topliss-reactive ketones (excluding diaryl/α,β-unsaturated/α-hetero) is 1. The van der Waals surface area contributed by atoms with E-state index in [1.807, 2.05) is 6.21 Å². The van der Waals surface area contributed by atoms with E-state index in [2.05, 4.69) is 36.5 Å². The molecular formula is C20H24N2O. The lowest BCUT2D eigenvalue weighted by atomic mass is 9.81. The topological polar surface area (TPSA) is 41.5 Å². The molecule has 1 heterocycles. The summed E-state index contributed by atoms with van der Waals surface area (Å²) in [5, 5.41) is 3.70. The van der Waals surface area contributed by atoms with E-state index in [-0.39, 0.29) is 5.78 Å². The van der Waals surface area contributed by atoms with Crippen molar-refractivity contribution in [1.29, 1.82) is 0 Å². The molecule has 23 heavy (non-hydrogen) atoms. The molecule has 3 aliphatic rings. The number of carbonyl (C=O) groups is 1. The van der Waals surface area contributed by atoms with Crippen LogP contribution >= 0.6 is 0 Å². The summed E-state index contributed by atoms with van der Waals surface area (Å²) in [4.78, 5) is 17.4. The van der Waals surface area contributed by atoms with Crippen LogP contribution in [0.4, 0.5) is 0 Å². The summed E-state index contributed by atoms with van der Waals surface area (Å²) in [6, 6.07) is 9.35. The van der Waals surface area contributed by atoms with Crippen molar-refractivity contribution in [2.45, 2.75) is 63.5 Å². The Morgan fingerprint density at radius 2 is 2.04 bits per heavy atom. The summed E-state index contributed by atoms with van der Waals surface area (Å²) < 4.78 is 0. The van der Waals surface area contributed by atoms with Gasteiger partial charge in [0.15, 0.2) is 5.78 Å². The van der Waals surface area contributed by atoms with E-state index in [1.165, 1.54) is 30.4 Å². The number of aryl methyl sites for hydroxylation is 1. The van der Waals surface area contributed by atoms with Crippen LogP contribution in [0, 0.1) is 6.92 Å². The third-order valence-electron chi connectivity index (χ3n) is 5.51. The molecule has 1 aromatic rings. The molecule has 0 bridgehead atoms. The van der Waals surface area contributed by atoms with Gasteiger partial charge in [0.1, 0.15) is 0 Å². The predicted octanol–water partition coefficient (Wildman–Crippen LogP) is 3.68. The van der Waals surface area contributed by atoms with Crippen molar-refractivity contribution in [3.05, 3.63) is 46.7 Å². The first-order valence-corrected chi connectivity index (χ1v) is 8.83. The van der Waals surface area contributed by atoms with Gasteiger partial charge in [0.2, 0.25) is 0 Å². The van der Waals surface area contributed by atoms with Crippen molar-refractivity contribution < 1.29 is 4.79 Å². The molecule has 3 nitrogen and oxygen atoms in total. The van der Waals surface area contributed by atoms with E-state index in [1.54, 1.807) is 0 Å². The number of carbonyl (C=O) groups excluding carboxylic acids is 1. The van der Waals surface area contributed by atoms with Gasteiger partial charge in [-0.2, -0.15) is 0 Å². The smallest absolute Gasteiger partial charge is 0.166 e. The molecule has 0 aromatic heterocycles. The fraction of sp³-hybridized carbons (Fsp3) is 0.500. The highest BCUT2D eigenvalue weighted by atomic mass is 16.1. The van der Waals surface area contributed by atoms with E-state index in [4.69, 9.17) is 4.99 Å². The third-order valence-corrected chi connectivity index (χ3v) is 5.51. The van der Waals surface area contributed by atoms with Crippen LogP contribution in [0.5, 0.6) is 0 Å². The van der Waals surface area contributed by atoms with Gasteiger partial charge in [-0.3, -0.25) is 9.79 Å². The quantitative estimate of drug-likeness (QED) is 0.860. The molecule has 2 aliphatic carbocycles. The Labute approximate surface area is 137 Å². The van der Waals surface area contributed by atoms with Crippen LogP contribution < -0.4 is 5.32 Å². The number of benzene rings is 1. The Bertz CT molecular complexity index is 689. The molecule has 0 spiro atoms. The van der Waals surface area contributed by atoms with Crippen molar-refractivity contribution >= 4 is 12.0 Å². The second kappa shape index (κ2) is 5.95. The molecule has 120 valence electrons.